The average molecular weight is 698 g/mol. The van der Waals surface area contributed by atoms with Crippen molar-refractivity contribution >= 4 is 27.3 Å². The van der Waals surface area contributed by atoms with E-state index in [9.17, 15) is 92.4 Å². The van der Waals surface area contributed by atoms with Gasteiger partial charge >= 0.3 is 47.0 Å². The van der Waals surface area contributed by atoms with Gasteiger partial charge in [-0.3, -0.25) is 4.79 Å². The highest BCUT2D eigenvalue weighted by atomic mass is 32.2. The van der Waals surface area contributed by atoms with E-state index in [1.165, 1.54) is 44.3 Å². The molecule has 0 aromatic carbocycles. The van der Waals surface area contributed by atoms with Gasteiger partial charge in [-0.2, -0.15) is 74.6 Å². The SMILES string of the molecule is O=CC[S+]1CCCC1C1CCCC1.O=S(=O)([O-])C(F)(F)C(F)(F)C(F)(F)C(F)(F)C(F)(F)C(F)(F)C(F)(F)C(F)(F)F. The summed E-state index contributed by atoms with van der Waals surface area (Å²) in [6.45, 7) is 0. The Morgan fingerprint density at radius 3 is 1.36 bits per heavy atom. The van der Waals surface area contributed by atoms with E-state index in [1.807, 2.05) is 0 Å². The number of halogens is 17. The molecule has 1 saturated carbocycles. The maximum Gasteiger partial charge on any atom is 0.460 e. The number of hydrogen-bond acceptors (Lipinski definition) is 4. The minimum absolute atomic E-state index is 0.477. The molecule has 42 heavy (non-hydrogen) atoms. The second kappa shape index (κ2) is 11.9. The molecule has 1 heterocycles. The van der Waals surface area contributed by atoms with E-state index in [0.29, 0.717) is 10.9 Å². The molecule has 0 bridgehead atoms. The lowest BCUT2D eigenvalue weighted by atomic mass is 9.91. The van der Waals surface area contributed by atoms with Crippen molar-refractivity contribution in [2.75, 3.05) is 11.5 Å². The Bertz CT molecular complexity index is 1050. The molecule has 0 radical (unpaired) electrons. The predicted octanol–water partition coefficient (Wildman–Crippen LogP) is 6.65. The molecular formula is C19H19F17O4S2. The van der Waals surface area contributed by atoms with Gasteiger partial charge in [-0.15, -0.1) is 0 Å². The second-order valence-corrected chi connectivity index (χ2v) is 13.1. The van der Waals surface area contributed by atoms with Crippen molar-refractivity contribution in [2.24, 2.45) is 5.92 Å². The lowest BCUT2D eigenvalue weighted by Crippen LogP contribution is -2.75. The lowest BCUT2D eigenvalue weighted by Gasteiger charge is -2.42. The highest BCUT2D eigenvalue weighted by molar-refractivity contribution is 7.98. The maximum absolute atomic E-state index is 13.0. The van der Waals surface area contributed by atoms with Crippen LogP contribution in [0.5, 0.6) is 0 Å². The van der Waals surface area contributed by atoms with E-state index in [1.54, 1.807) is 0 Å². The van der Waals surface area contributed by atoms with E-state index >= 15 is 0 Å². The van der Waals surface area contributed by atoms with Gasteiger partial charge in [0.2, 0.25) is 0 Å². The fourth-order valence-electron chi connectivity index (χ4n) is 4.23. The summed E-state index contributed by atoms with van der Waals surface area (Å²) in [4.78, 5) is 10.5. The molecule has 2 aliphatic rings. The van der Waals surface area contributed by atoms with Crippen molar-refractivity contribution in [3.63, 3.8) is 0 Å². The third-order valence-electron chi connectivity index (χ3n) is 6.54. The fourth-order valence-corrected chi connectivity index (χ4v) is 7.41. The zero-order valence-corrected chi connectivity index (χ0v) is 21.9. The summed E-state index contributed by atoms with van der Waals surface area (Å²) >= 11 is 0. The monoisotopic (exact) mass is 698 g/mol. The van der Waals surface area contributed by atoms with E-state index in [-0.39, 0.29) is 0 Å². The van der Waals surface area contributed by atoms with Crippen molar-refractivity contribution in [1.82, 2.24) is 0 Å². The standard InChI is InChI=1S/C11H19OS.C8HF17O3S/c12-7-9-13-8-3-6-11(13)10-4-1-2-5-10;9-1(10,3(13,14)5(17,18)7(21,22)23)2(11,12)4(15,16)6(19,20)8(24,25)29(26,27)28/h7,10-11H,1-6,8-9H2;(H,26,27,28)/q+1;/p-1. The largest absolute Gasteiger partial charge is 0.743 e. The Balaban J connectivity index is 0.000000554. The zero-order chi connectivity index (χ0) is 33.6. The van der Waals surface area contributed by atoms with Crippen molar-refractivity contribution in [3.05, 3.63) is 0 Å². The van der Waals surface area contributed by atoms with Gasteiger partial charge in [0.25, 0.3) is 0 Å². The van der Waals surface area contributed by atoms with Crippen LogP contribution in [-0.2, 0) is 25.8 Å². The van der Waals surface area contributed by atoms with E-state index in [2.05, 4.69) is 0 Å². The minimum Gasteiger partial charge on any atom is -0.743 e. The molecule has 2 fully saturated rings. The van der Waals surface area contributed by atoms with Gasteiger partial charge in [0.15, 0.2) is 22.2 Å². The summed E-state index contributed by atoms with van der Waals surface area (Å²) in [5.74, 6) is -48.9. The minimum atomic E-state index is -8.92. The third-order valence-corrected chi connectivity index (χ3v) is 10.3. The molecule has 0 amide bonds. The summed E-state index contributed by atoms with van der Waals surface area (Å²) in [6.07, 6.45) is 1.85. The summed E-state index contributed by atoms with van der Waals surface area (Å²) in [5.41, 5.74) is 0. The Hall–Kier alpha value is -1.26. The van der Waals surface area contributed by atoms with E-state index in [4.69, 9.17) is 0 Å². The molecule has 0 N–H and O–H groups in total. The zero-order valence-electron chi connectivity index (χ0n) is 20.3. The lowest BCUT2D eigenvalue weighted by molar-refractivity contribution is -0.458. The number of hydrogen-bond donors (Lipinski definition) is 0. The number of aldehydes is 1. The molecule has 0 spiro atoms. The third kappa shape index (κ3) is 6.15. The van der Waals surface area contributed by atoms with Gasteiger partial charge in [-0.05, 0) is 36.6 Å². The highest BCUT2D eigenvalue weighted by Gasteiger charge is 2.95. The number of rotatable bonds is 10. The van der Waals surface area contributed by atoms with Crippen LogP contribution >= 0.6 is 0 Å². The van der Waals surface area contributed by atoms with Gasteiger partial charge < -0.3 is 4.55 Å². The molecule has 250 valence electrons. The molecule has 4 nitrogen and oxygen atoms in total. The fraction of sp³-hybridized carbons (Fsp3) is 0.947. The van der Waals surface area contributed by atoms with Crippen LogP contribution in [0.15, 0.2) is 0 Å². The van der Waals surface area contributed by atoms with Crippen LogP contribution < -0.4 is 0 Å². The summed E-state index contributed by atoms with van der Waals surface area (Å²) in [6, 6.07) is 0. The summed E-state index contributed by atoms with van der Waals surface area (Å²) in [7, 11) is -7.67. The van der Waals surface area contributed by atoms with Crippen LogP contribution in [0.3, 0.4) is 0 Å². The number of alkyl halides is 17. The normalized spacial score (nSPS) is 22.6. The van der Waals surface area contributed by atoms with Crippen LogP contribution in [0.1, 0.15) is 38.5 Å². The first-order valence-electron chi connectivity index (χ1n) is 11.2. The summed E-state index contributed by atoms with van der Waals surface area (Å²) < 4.78 is 244. The van der Waals surface area contributed by atoms with Gasteiger partial charge in [-0.25, -0.2) is 8.42 Å². The predicted molar refractivity (Wildman–Crippen MR) is 109 cm³/mol. The number of carbonyl (C=O) groups excluding carboxylic acids is 1. The van der Waals surface area contributed by atoms with Gasteiger partial charge in [-0.1, -0.05) is 12.8 Å². The van der Waals surface area contributed by atoms with Crippen molar-refractivity contribution in [3.8, 4) is 0 Å². The van der Waals surface area contributed by atoms with Crippen molar-refractivity contribution < 1.29 is 92.4 Å². The molecule has 1 saturated heterocycles. The van der Waals surface area contributed by atoms with Gasteiger partial charge in [0, 0.05) is 5.92 Å². The Morgan fingerprint density at radius 1 is 0.619 bits per heavy atom. The topological polar surface area (TPSA) is 74.3 Å². The quantitative estimate of drug-likeness (QED) is 0.111. The van der Waals surface area contributed by atoms with E-state index < -0.39 is 57.1 Å². The molecular weight excluding hydrogens is 679 g/mol. The van der Waals surface area contributed by atoms with Crippen LogP contribution in [-0.4, -0.2) is 83.0 Å². The first-order valence-corrected chi connectivity index (χ1v) is 14.2. The first kappa shape index (κ1) is 38.8. The molecule has 1 aliphatic heterocycles. The Kier molecular flexibility index (Phi) is 11.0. The smallest absolute Gasteiger partial charge is 0.460 e. The molecule has 2 unspecified atom stereocenters. The van der Waals surface area contributed by atoms with Crippen LogP contribution in [0.4, 0.5) is 74.6 Å². The maximum atomic E-state index is 13.0. The van der Waals surface area contributed by atoms with Crippen molar-refractivity contribution in [2.45, 2.75) is 90.7 Å². The average Bonchev–Trinajstić information content (AvgIpc) is 3.49. The van der Waals surface area contributed by atoms with E-state index in [0.717, 1.165) is 23.2 Å². The Labute approximate surface area is 228 Å². The van der Waals surface area contributed by atoms with Crippen LogP contribution in [0.2, 0.25) is 0 Å². The first-order chi connectivity index (χ1) is 18.4. The molecule has 2 atom stereocenters. The van der Waals surface area contributed by atoms with Gasteiger partial charge in [0.05, 0.1) is 0 Å². The Morgan fingerprint density at radius 2 is 1.00 bits per heavy atom. The molecule has 0 aromatic rings. The summed E-state index contributed by atoms with van der Waals surface area (Å²) in [5, 5.41) is -7.02. The van der Waals surface area contributed by atoms with Crippen LogP contribution in [0, 0.1) is 5.92 Å². The highest BCUT2D eigenvalue weighted by Crippen LogP contribution is 2.64. The molecule has 23 heteroatoms. The molecule has 2 rings (SSSR count). The second-order valence-electron chi connectivity index (χ2n) is 9.22. The molecule has 1 aliphatic carbocycles. The molecule has 0 aromatic heterocycles. The number of carbonyl (C=O) groups is 1. The van der Waals surface area contributed by atoms with Crippen molar-refractivity contribution in [1.29, 1.82) is 0 Å². The van der Waals surface area contributed by atoms with Gasteiger partial charge in [0.1, 0.15) is 11.0 Å². The van der Waals surface area contributed by atoms with Crippen LogP contribution in [0.25, 0.3) is 0 Å².